The van der Waals surface area contributed by atoms with Crippen molar-refractivity contribution in [2.45, 2.75) is 5.92 Å². The number of nitrogens with one attached hydrogen (secondary N) is 1. The number of halogens is 1. The van der Waals surface area contributed by atoms with Crippen molar-refractivity contribution >= 4 is 52.0 Å². The Morgan fingerprint density at radius 2 is 1.93 bits per heavy atom. The third kappa shape index (κ3) is 3.11. The number of amides is 3. The van der Waals surface area contributed by atoms with Gasteiger partial charge in [-0.25, -0.2) is 9.69 Å². The first-order valence-corrected chi connectivity index (χ1v) is 9.25. The molecule has 0 radical (unpaired) electrons. The van der Waals surface area contributed by atoms with E-state index in [1.54, 1.807) is 41.8 Å². The van der Waals surface area contributed by atoms with Gasteiger partial charge in [0.2, 0.25) is 0 Å². The molecule has 0 bridgehead atoms. The van der Waals surface area contributed by atoms with Crippen molar-refractivity contribution in [2.24, 2.45) is 0 Å². The van der Waals surface area contributed by atoms with Crippen LogP contribution in [0, 0.1) is 0 Å². The number of anilines is 2. The summed E-state index contributed by atoms with van der Waals surface area (Å²) in [6.07, 6.45) is 1.36. The number of nitrogens with zero attached hydrogens (tertiary/aromatic N) is 2. The fourth-order valence-corrected chi connectivity index (χ4v) is 3.76. The maximum atomic E-state index is 13.0. The van der Waals surface area contributed by atoms with E-state index in [1.807, 2.05) is 6.07 Å². The molecule has 6 nitrogen and oxygen atoms in total. The Kier molecular flexibility index (Phi) is 4.47. The van der Waals surface area contributed by atoms with E-state index in [0.29, 0.717) is 10.6 Å². The Hall–Kier alpha value is -3.03. The first kappa shape index (κ1) is 17.4. The fraction of sp³-hybridized carbons (Fsp3) is 0.0526. The number of benzene rings is 1. The Morgan fingerprint density at radius 1 is 1.15 bits per heavy atom. The van der Waals surface area contributed by atoms with E-state index >= 15 is 0 Å². The van der Waals surface area contributed by atoms with E-state index in [2.05, 4.69) is 10.3 Å². The van der Waals surface area contributed by atoms with Gasteiger partial charge in [0.1, 0.15) is 5.92 Å². The zero-order chi connectivity index (χ0) is 19.0. The highest BCUT2D eigenvalue weighted by Crippen LogP contribution is 2.39. The standard InChI is InChI=1S/C19H12ClN3O3S/c20-11-9-13-16(21-10-11)15(17(24)14-7-4-8-27-14)18(25)23(13)19(26)22-12-5-2-1-3-6-12/h1-10,15H,(H,22,26). The number of urea groups is 1. The molecule has 1 aliphatic heterocycles. The topological polar surface area (TPSA) is 79.4 Å². The lowest BCUT2D eigenvalue weighted by Crippen LogP contribution is -2.39. The van der Waals surface area contributed by atoms with Gasteiger partial charge in [-0.3, -0.25) is 14.6 Å². The lowest BCUT2D eigenvalue weighted by atomic mass is 10.00. The van der Waals surface area contributed by atoms with Gasteiger partial charge >= 0.3 is 6.03 Å². The van der Waals surface area contributed by atoms with Crippen LogP contribution in [-0.2, 0) is 4.79 Å². The zero-order valence-corrected chi connectivity index (χ0v) is 15.3. The number of carbonyl (C=O) groups is 3. The van der Waals surface area contributed by atoms with Crippen molar-refractivity contribution in [2.75, 3.05) is 10.2 Å². The average molecular weight is 398 g/mol. The van der Waals surface area contributed by atoms with Crippen LogP contribution in [-0.4, -0.2) is 22.7 Å². The number of thiophene rings is 1. The molecule has 134 valence electrons. The van der Waals surface area contributed by atoms with Crippen molar-refractivity contribution in [3.63, 3.8) is 0 Å². The number of Topliss-reactive ketones (excluding diaryl/α,β-unsaturated/α-hetero) is 1. The number of carbonyl (C=O) groups excluding carboxylic acids is 3. The molecule has 3 amide bonds. The number of hydrogen-bond acceptors (Lipinski definition) is 5. The summed E-state index contributed by atoms with van der Waals surface area (Å²) in [4.78, 5) is 44.2. The SMILES string of the molecule is O=C(c1cccs1)C1C(=O)N(C(=O)Nc2ccccc2)c2cc(Cl)cnc21. The van der Waals surface area contributed by atoms with Gasteiger partial charge in [-0.05, 0) is 29.6 Å². The summed E-state index contributed by atoms with van der Waals surface area (Å²) in [5, 5.41) is 4.68. The molecule has 0 saturated heterocycles. The van der Waals surface area contributed by atoms with E-state index in [4.69, 9.17) is 11.6 Å². The third-order valence-corrected chi connectivity index (χ3v) is 5.19. The molecule has 4 rings (SSSR count). The van der Waals surface area contributed by atoms with Crippen LogP contribution in [0.4, 0.5) is 16.2 Å². The van der Waals surface area contributed by atoms with Crippen molar-refractivity contribution in [3.8, 4) is 0 Å². The first-order valence-electron chi connectivity index (χ1n) is 7.99. The quantitative estimate of drug-likeness (QED) is 0.526. The number of aromatic nitrogens is 1. The number of fused-ring (bicyclic) bond motifs is 1. The van der Waals surface area contributed by atoms with Crippen molar-refractivity contribution < 1.29 is 14.4 Å². The molecule has 0 spiro atoms. The van der Waals surface area contributed by atoms with Gasteiger partial charge in [0.15, 0.2) is 5.78 Å². The van der Waals surface area contributed by atoms with Gasteiger partial charge in [-0.15, -0.1) is 11.3 Å². The van der Waals surface area contributed by atoms with Crippen LogP contribution in [0.2, 0.25) is 5.02 Å². The monoisotopic (exact) mass is 397 g/mol. The Labute approximate surface area is 163 Å². The van der Waals surface area contributed by atoms with Gasteiger partial charge in [0.25, 0.3) is 5.91 Å². The Morgan fingerprint density at radius 3 is 2.63 bits per heavy atom. The van der Waals surface area contributed by atoms with Crippen molar-refractivity contribution in [1.82, 2.24) is 4.98 Å². The number of ketones is 1. The van der Waals surface area contributed by atoms with Crippen LogP contribution in [0.15, 0.2) is 60.1 Å². The van der Waals surface area contributed by atoms with Crippen LogP contribution in [0.1, 0.15) is 21.3 Å². The van der Waals surface area contributed by atoms with Gasteiger partial charge in [0.05, 0.1) is 21.3 Å². The molecule has 8 heteroatoms. The van der Waals surface area contributed by atoms with E-state index in [0.717, 1.165) is 4.90 Å². The minimum atomic E-state index is -1.17. The summed E-state index contributed by atoms with van der Waals surface area (Å²) in [6.45, 7) is 0. The zero-order valence-electron chi connectivity index (χ0n) is 13.8. The number of imide groups is 1. The lowest BCUT2D eigenvalue weighted by Gasteiger charge is -2.16. The van der Waals surface area contributed by atoms with Crippen LogP contribution in [0.3, 0.4) is 0 Å². The molecular formula is C19H12ClN3O3S. The Bertz CT molecular complexity index is 1040. The molecule has 0 saturated carbocycles. The maximum absolute atomic E-state index is 13.0. The minimum absolute atomic E-state index is 0.218. The molecule has 3 heterocycles. The van der Waals surface area contributed by atoms with E-state index in [1.165, 1.54) is 23.6 Å². The van der Waals surface area contributed by atoms with Crippen molar-refractivity contribution in [3.05, 3.63) is 75.7 Å². The van der Waals surface area contributed by atoms with Crippen LogP contribution < -0.4 is 10.2 Å². The summed E-state index contributed by atoms with van der Waals surface area (Å²) in [5.74, 6) is -2.20. The average Bonchev–Trinajstić information content (AvgIpc) is 3.27. The van der Waals surface area contributed by atoms with Gasteiger partial charge in [0, 0.05) is 11.9 Å². The van der Waals surface area contributed by atoms with Crippen LogP contribution in [0.25, 0.3) is 0 Å². The molecule has 2 aromatic heterocycles. The highest BCUT2D eigenvalue weighted by atomic mass is 35.5. The molecule has 1 aromatic carbocycles. The Balaban J connectivity index is 1.73. The summed E-state index contributed by atoms with van der Waals surface area (Å²) in [6, 6.07) is 12.9. The second-order valence-electron chi connectivity index (χ2n) is 5.80. The van der Waals surface area contributed by atoms with Crippen molar-refractivity contribution in [1.29, 1.82) is 0 Å². The number of para-hydroxylation sites is 1. The second kappa shape index (κ2) is 6.94. The predicted molar refractivity (Wildman–Crippen MR) is 104 cm³/mol. The molecule has 27 heavy (non-hydrogen) atoms. The highest BCUT2D eigenvalue weighted by Gasteiger charge is 2.46. The summed E-state index contributed by atoms with van der Waals surface area (Å²) < 4.78 is 0. The van der Waals surface area contributed by atoms with E-state index in [9.17, 15) is 14.4 Å². The van der Waals surface area contributed by atoms with Gasteiger partial charge < -0.3 is 5.32 Å². The van der Waals surface area contributed by atoms with E-state index < -0.39 is 17.9 Å². The fourth-order valence-electron chi connectivity index (χ4n) is 2.91. The largest absolute Gasteiger partial charge is 0.333 e. The molecule has 0 aliphatic carbocycles. The summed E-state index contributed by atoms with van der Waals surface area (Å²) >= 11 is 7.25. The number of hydrogen-bond donors (Lipinski definition) is 1. The van der Waals surface area contributed by atoms with E-state index in [-0.39, 0.29) is 22.2 Å². The second-order valence-corrected chi connectivity index (χ2v) is 7.19. The highest BCUT2D eigenvalue weighted by molar-refractivity contribution is 7.12. The number of rotatable bonds is 3. The molecule has 1 unspecified atom stereocenters. The summed E-state index contributed by atoms with van der Waals surface area (Å²) in [7, 11) is 0. The first-order chi connectivity index (χ1) is 13.1. The molecule has 3 aromatic rings. The van der Waals surface area contributed by atoms with Crippen LogP contribution >= 0.6 is 22.9 Å². The normalized spacial score (nSPS) is 15.5. The van der Waals surface area contributed by atoms with Gasteiger partial charge in [-0.2, -0.15) is 0 Å². The molecular weight excluding hydrogens is 386 g/mol. The molecule has 1 aliphatic rings. The molecule has 1 atom stereocenters. The predicted octanol–water partition coefficient (Wildman–Crippen LogP) is 4.34. The number of pyridine rings is 1. The maximum Gasteiger partial charge on any atom is 0.333 e. The van der Waals surface area contributed by atoms with Gasteiger partial charge in [-0.1, -0.05) is 35.9 Å². The lowest BCUT2D eigenvalue weighted by molar-refractivity contribution is -0.117. The molecule has 0 fully saturated rings. The smallest absolute Gasteiger partial charge is 0.307 e. The van der Waals surface area contributed by atoms with Crippen LogP contribution in [0.5, 0.6) is 0 Å². The minimum Gasteiger partial charge on any atom is -0.307 e. The molecule has 1 N–H and O–H groups in total. The third-order valence-electron chi connectivity index (χ3n) is 4.10. The summed E-state index contributed by atoms with van der Waals surface area (Å²) in [5.41, 5.74) is 0.974.